The summed E-state index contributed by atoms with van der Waals surface area (Å²) in [5.41, 5.74) is 1.63. The summed E-state index contributed by atoms with van der Waals surface area (Å²) < 4.78 is 10.3. The third kappa shape index (κ3) is 3.73. The van der Waals surface area contributed by atoms with E-state index in [2.05, 4.69) is 0 Å². The first-order chi connectivity index (χ1) is 9.42. The standard InChI is InChI=1S/C16H24O4/c1-6-20-16(18)14(10(2)3)15(17)12-7-8-13(19-5)11(4)9-12/h7-10,14-15,17H,6H2,1-5H3. The van der Waals surface area contributed by atoms with Crippen molar-refractivity contribution in [2.75, 3.05) is 13.7 Å². The lowest BCUT2D eigenvalue weighted by atomic mass is 9.86. The fraction of sp³-hybridized carbons (Fsp3) is 0.562. The van der Waals surface area contributed by atoms with Gasteiger partial charge < -0.3 is 14.6 Å². The van der Waals surface area contributed by atoms with Crippen LogP contribution in [0.15, 0.2) is 18.2 Å². The molecule has 0 aliphatic carbocycles. The first-order valence-electron chi connectivity index (χ1n) is 6.91. The van der Waals surface area contributed by atoms with Crippen LogP contribution in [0.25, 0.3) is 0 Å². The molecule has 0 aliphatic rings. The normalized spacial score (nSPS) is 13.9. The Balaban J connectivity index is 3.03. The van der Waals surface area contributed by atoms with Gasteiger partial charge in [-0.05, 0) is 43.0 Å². The molecule has 1 aromatic rings. The number of ether oxygens (including phenoxy) is 2. The van der Waals surface area contributed by atoms with E-state index in [9.17, 15) is 9.90 Å². The number of hydrogen-bond donors (Lipinski definition) is 1. The van der Waals surface area contributed by atoms with E-state index in [0.29, 0.717) is 12.2 Å². The highest BCUT2D eigenvalue weighted by Crippen LogP contribution is 2.31. The van der Waals surface area contributed by atoms with Crippen LogP contribution in [-0.4, -0.2) is 24.8 Å². The largest absolute Gasteiger partial charge is 0.496 e. The van der Waals surface area contributed by atoms with Crippen LogP contribution < -0.4 is 4.74 Å². The van der Waals surface area contributed by atoms with E-state index in [1.807, 2.05) is 26.8 Å². The number of aliphatic hydroxyl groups is 1. The van der Waals surface area contributed by atoms with Crippen molar-refractivity contribution in [1.29, 1.82) is 0 Å². The number of aryl methyl sites for hydroxylation is 1. The molecule has 2 unspecified atom stereocenters. The molecule has 1 aromatic carbocycles. The van der Waals surface area contributed by atoms with Gasteiger partial charge >= 0.3 is 5.97 Å². The molecule has 0 bridgehead atoms. The summed E-state index contributed by atoms with van der Waals surface area (Å²) >= 11 is 0. The second-order valence-electron chi connectivity index (χ2n) is 5.20. The topological polar surface area (TPSA) is 55.8 Å². The summed E-state index contributed by atoms with van der Waals surface area (Å²) in [7, 11) is 1.61. The number of carbonyl (C=O) groups is 1. The molecule has 0 spiro atoms. The van der Waals surface area contributed by atoms with Crippen LogP contribution >= 0.6 is 0 Å². The van der Waals surface area contributed by atoms with Gasteiger partial charge in [-0.2, -0.15) is 0 Å². The molecule has 1 N–H and O–H groups in total. The van der Waals surface area contributed by atoms with E-state index in [0.717, 1.165) is 11.3 Å². The summed E-state index contributed by atoms with van der Waals surface area (Å²) in [5, 5.41) is 10.5. The zero-order valence-electron chi connectivity index (χ0n) is 12.8. The van der Waals surface area contributed by atoms with Gasteiger partial charge in [-0.3, -0.25) is 4.79 Å². The smallest absolute Gasteiger partial charge is 0.312 e. The van der Waals surface area contributed by atoms with E-state index in [1.165, 1.54) is 0 Å². The molecule has 0 amide bonds. The van der Waals surface area contributed by atoms with Crippen LogP contribution in [0, 0.1) is 18.8 Å². The molecule has 2 atom stereocenters. The highest BCUT2D eigenvalue weighted by molar-refractivity contribution is 5.73. The van der Waals surface area contributed by atoms with E-state index in [-0.39, 0.29) is 11.9 Å². The third-order valence-electron chi connectivity index (χ3n) is 3.38. The minimum atomic E-state index is -0.876. The summed E-state index contributed by atoms with van der Waals surface area (Å²) in [4.78, 5) is 12.0. The lowest BCUT2D eigenvalue weighted by Gasteiger charge is -2.25. The molecule has 20 heavy (non-hydrogen) atoms. The quantitative estimate of drug-likeness (QED) is 0.814. The van der Waals surface area contributed by atoms with E-state index >= 15 is 0 Å². The van der Waals surface area contributed by atoms with Crippen molar-refractivity contribution in [3.63, 3.8) is 0 Å². The zero-order chi connectivity index (χ0) is 15.3. The van der Waals surface area contributed by atoms with Crippen molar-refractivity contribution in [1.82, 2.24) is 0 Å². The van der Waals surface area contributed by atoms with Crippen molar-refractivity contribution in [3.8, 4) is 5.75 Å². The van der Waals surface area contributed by atoms with Gasteiger partial charge in [-0.15, -0.1) is 0 Å². The molecule has 4 heteroatoms. The molecule has 0 heterocycles. The van der Waals surface area contributed by atoms with Crippen LogP contribution in [0.1, 0.15) is 38.0 Å². The van der Waals surface area contributed by atoms with Gasteiger partial charge in [0.1, 0.15) is 5.75 Å². The Morgan fingerprint density at radius 2 is 2.00 bits per heavy atom. The number of rotatable bonds is 6. The molecule has 0 aliphatic heterocycles. The van der Waals surface area contributed by atoms with Gasteiger partial charge in [0.05, 0.1) is 25.7 Å². The molecule has 1 rings (SSSR count). The summed E-state index contributed by atoms with van der Waals surface area (Å²) in [6, 6.07) is 5.43. The maximum atomic E-state index is 12.0. The number of benzene rings is 1. The molecule has 4 nitrogen and oxygen atoms in total. The summed E-state index contributed by atoms with van der Waals surface area (Å²) in [6.45, 7) is 7.79. The molecule has 112 valence electrons. The average Bonchev–Trinajstić information content (AvgIpc) is 2.38. The highest BCUT2D eigenvalue weighted by Gasteiger charge is 2.32. The maximum absolute atomic E-state index is 12.0. The van der Waals surface area contributed by atoms with Gasteiger partial charge in [-0.25, -0.2) is 0 Å². The average molecular weight is 280 g/mol. The Bertz CT molecular complexity index is 454. The van der Waals surface area contributed by atoms with Gasteiger partial charge in [0.25, 0.3) is 0 Å². The molecule has 0 fully saturated rings. The minimum absolute atomic E-state index is 0.00791. The van der Waals surface area contributed by atoms with Gasteiger partial charge in [0.2, 0.25) is 0 Å². The monoisotopic (exact) mass is 280 g/mol. The fourth-order valence-corrected chi connectivity index (χ4v) is 2.30. The predicted octanol–water partition coefficient (Wildman–Crippen LogP) is 2.87. The molecule has 0 radical (unpaired) electrons. The van der Waals surface area contributed by atoms with Gasteiger partial charge in [-0.1, -0.05) is 19.9 Å². The van der Waals surface area contributed by atoms with Crippen molar-refractivity contribution in [3.05, 3.63) is 29.3 Å². The number of carbonyl (C=O) groups excluding carboxylic acids is 1. The molecule has 0 aromatic heterocycles. The van der Waals surface area contributed by atoms with E-state index in [1.54, 1.807) is 26.2 Å². The number of methoxy groups -OCH3 is 1. The minimum Gasteiger partial charge on any atom is -0.496 e. The van der Waals surface area contributed by atoms with Crippen LogP contribution in [0.2, 0.25) is 0 Å². The van der Waals surface area contributed by atoms with E-state index in [4.69, 9.17) is 9.47 Å². The third-order valence-corrected chi connectivity index (χ3v) is 3.38. The summed E-state index contributed by atoms with van der Waals surface area (Å²) in [6.07, 6.45) is -0.876. The molecule has 0 saturated carbocycles. The van der Waals surface area contributed by atoms with Gasteiger partial charge in [0.15, 0.2) is 0 Å². The molecular weight excluding hydrogens is 256 g/mol. The Hall–Kier alpha value is -1.55. The van der Waals surface area contributed by atoms with Crippen molar-refractivity contribution in [2.45, 2.75) is 33.8 Å². The van der Waals surface area contributed by atoms with E-state index < -0.39 is 12.0 Å². The highest BCUT2D eigenvalue weighted by atomic mass is 16.5. The lowest BCUT2D eigenvalue weighted by Crippen LogP contribution is -2.29. The first-order valence-corrected chi connectivity index (χ1v) is 6.91. The maximum Gasteiger partial charge on any atom is 0.312 e. The molecular formula is C16H24O4. The number of hydrogen-bond acceptors (Lipinski definition) is 4. The number of aliphatic hydroxyl groups excluding tert-OH is 1. The first kappa shape index (κ1) is 16.5. The van der Waals surface area contributed by atoms with Crippen LogP contribution in [0.3, 0.4) is 0 Å². The van der Waals surface area contributed by atoms with Gasteiger partial charge in [0, 0.05) is 0 Å². The van der Waals surface area contributed by atoms with Crippen molar-refractivity contribution in [2.24, 2.45) is 11.8 Å². The second-order valence-corrected chi connectivity index (χ2v) is 5.20. The summed E-state index contributed by atoms with van der Waals surface area (Å²) in [5.74, 6) is -0.171. The number of esters is 1. The Morgan fingerprint density at radius 1 is 1.35 bits per heavy atom. The predicted molar refractivity (Wildman–Crippen MR) is 77.7 cm³/mol. The SMILES string of the molecule is CCOC(=O)C(C(C)C)C(O)c1ccc(OC)c(C)c1. The van der Waals surface area contributed by atoms with Crippen molar-refractivity contribution < 1.29 is 19.4 Å². The lowest BCUT2D eigenvalue weighted by molar-refractivity contribution is -0.154. The van der Waals surface area contributed by atoms with Crippen LogP contribution in [0.4, 0.5) is 0 Å². The fourth-order valence-electron chi connectivity index (χ4n) is 2.30. The zero-order valence-corrected chi connectivity index (χ0v) is 12.8. The van der Waals surface area contributed by atoms with Crippen LogP contribution in [-0.2, 0) is 9.53 Å². The van der Waals surface area contributed by atoms with Crippen LogP contribution in [0.5, 0.6) is 5.75 Å². The Kier molecular flexibility index (Phi) is 6.02. The second kappa shape index (κ2) is 7.29. The van der Waals surface area contributed by atoms with Crippen molar-refractivity contribution >= 4 is 5.97 Å². The Morgan fingerprint density at radius 3 is 2.45 bits per heavy atom. The molecule has 0 saturated heterocycles. The Labute approximate surface area is 120 Å².